The van der Waals surface area contributed by atoms with Crippen LogP contribution in [0.1, 0.15) is 24.1 Å². The van der Waals surface area contributed by atoms with Crippen molar-refractivity contribution in [3.63, 3.8) is 0 Å². The number of hydrogen-bond donors (Lipinski definition) is 0. The van der Waals surface area contributed by atoms with Crippen molar-refractivity contribution < 1.29 is 9.72 Å². The SMILES string of the molecule is Cc1ccc(SCCCC(=O)N(Cc2ccccn2)c2nc3ccc([N+](=O)[O-])cc3s2)cc1. The van der Waals surface area contributed by atoms with Gasteiger partial charge in [-0.05, 0) is 49.4 Å². The average Bonchev–Trinajstić information content (AvgIpc) is 3.25. The van der Waals surface area contributed by atoms with E-state index in [1.165, 1.54) is 33.9 Å². The molecule has 0 bridgehead atoms. The second kappa shape index (κ2) is 10.5. The zero-order valence-corrected chi connectivity index (χ0v) is 19.6. The third-order valence-electron chi connectivity index (χ3n) is 4.97. The highest BCUT2D eigenvalue weighted by atomic mass is 32.2. The Morgan fingerprint density at radius 1 is 1.15 bits per heavy atom. The van der Waals surface area contributed by atoms with Gasteiger partial charge < -0.3 is 0 Å². The van der Waals surface area contributed by atoms with Crippen molar-refractivity contribution >= 4 is 50.0 Å². The minimum atomic E-state index is -0.429. The molecule has 7 nitrogen and oxygen atoms in total. The topological polar surface area (TPSA) is 89.2 Å². The molecule has 0 radical (unpaired) electrons. The Morgan fingerprint density at radius 3 is 2.70 bits per heavy atom. The number of nitro groups is 1. The van der Waals surface area contributed by atoms with E-state index in [4.69, 9.17) is 0 Å². The van der Waals surface area contributed by atoms with Crippen molar-refractivity contribution in [3.8, 4) is 0 Å². The standard InChI is InChI=1S/C24H22N4O3S2/c1-17-7-10-20(11-8-17)32-14-4-6-23(29)27(16-18-5-2-3-13-25-18)24-26-21-12-9-19(28(30)31)15-22(21)33-24/h2-3,5,7-13,15H,4,6,14,16H2,1H3. The smallest absolute Gasteiger partial charge is 0.270 e. The van der Waals surface area contributed by atoms with Crippen LogP contribution in [0.4, 0.5) is 10.8 Å². The van der Waals surface area contributed by atoms with Gasteiger partial charge in [-0.2, -0.15) is 0 Å². The van der Waals surface area contributed by atoms with Gasteiger partial charge in [0.25, 0.3) is 5.69 Å². The number of amides is 1. The van der Waals surface area contributed by atoms with Crippen LogP contribution >= 0.6 is 23.1 Å². The molecule has 2 aromatic heterocycles. The van der Waals surface area contributed by atoms with Crippen LogP contribution in [0, 0.1) is 17.0 Å². The summed E-state index contributed by atoms with van der Waals surface area (Å²) < 4.78 is 0.674. The fraction of sp³-hybridized carbons (Fsp3) is 0.208. The van der Waals surface area contributed by atoms with Gasteiger partial charge in [0.15, 0.2) is 5.13 Å². The van der Waals surface area contributed by atoms with Gasteiger partial charge in [0.05, 0.1) is 27.4 Å². The predicted octanol–water partition coefficient (Wildman–Crippen LogP) is 6.01. The van der Waals surface area contributed by atoms with Crippen LogP contribution in [0.25, 0.3) is 10.2 Å². The van der Waals surface area contributed by atoms with Crippen LogP contribution in [0.2, 0.25) is 0 Å². The van der Waals surface area contributed by atoms with Crippen molar-refractivity contribution in [2.45, 2.75) is 31.2 Å². The molecule has 0 atom stereocenters. The summed E-state index contributed by atoms with van der Waals surface area (Å²) in [5, 5.41) is 11.6. The Labute approximate surface area is 199 Å². The molecular formula is C24H22N4O3S2. The highest BCUT2D eigenvalue weighted by Gasteiger charge is 2.21. The number of pyridine rings is 1. The number of nitro benzene ring substituents is 1. The van der Waals surface area contributed by atoms with Gasteiger partial charge >= 0.3 is 0 Å². The molecule has 2 heterocycles. The molecule has 4 rings (SSSR count). The Morgan fingerprint density at radius 2 is 1.97 bits per heavy atom. The number of nitrogens with zero attached hydrogens (tertiary/aromatic N) is 4. The van der Waals surface area contributed by atoms with E-state index in [0.29, 0.717) is 28.3 Å². The van der Waals surface area contributed by atoms with Crippen molar-refractivity contribution in [1.29, 1.82) is 0 Å². The number of fused-ring (bicyclic) bond motifs is 1. The molecule has 168 valence electrons. The first-order valence-electron chi connectivity index (χ1n) is 10.4. The quantitative estimate of drug-likeness (QED) is 0.127. The van der Waals surface area contributed by atoms with Crippen LogP contribution in [-0.2, 0) is 11.3 Å². The first kappa shape index (κ1) is 22.9. The molecule has 0 saturated heterocycles. The molecule has 4 aromatic rings. The Balaban J connectivity index is 1.49. The van der Waals surface area contributed by atoms with Gasteiger partial charge in [-0.25, -0.2) is 4.98 Å². The summed E-state index contributed by atoms with van der Waals surface area (Å²) in [6.07, 6.45) is 2.80. The number of thioether (sulfide) groups is 1. The number of carbonyl (C=O) groups excluding carboxylic acids is 1. The summed E-state index contributed by atoms with van der Waals surface area (Å²) in [6.45, 7) is 2.36. The predicted molar refractivity (Wildman–Crippen MR) is 133 cm³/mol. The molecule has 0 N–H and O–H groups in total. The van der Waals surface area contributed by atoms with Gasteiger partial charge in [-0.1, -0.05) is 35.1 Å². The second-order valence-electron chi connectivity index (χ2n) is 7.47. The number of benzene rings is 2. The molecule has 2 aromatic carbocycles. The minimum Gasteiger partial charge on any atom is -0.282 e. The molecule has 0 spiro atoms. The lowest BCUT2D eigenvalue weighted by molar-refractivity contribution is -0.384. The molecule has 9 heteroatoms. The number of aryl methyl sites for hydroxylation is 1. The Hall–Kier alpha value is -3.30. The van der Waals surface area contributed by atoms with Gasteiger partial charge in [0.1, 0.15) is 0 Å². The van der Waals surface area contributed by atoms with E-state index in [1.54, 1.807) is 28.9 Å². The maximum absolute atomic E-state index is 13.2. The number of thiazole rings is 1. The normalized spacial score (nSPS) is 10.9. The molecule has 0 saturated carbocycles. The fourth-order valence-electron chi connectivity index (χ4n) is 3.23. The second-order valence-corrected chi connectivity index (χ2v) is 9.65. The van der Waals surface area contributed by atoms with Crippen LogP contribution in [0.15, 0.2) is 71.8 Å². The van der Waals surface area contributed by atoms with E-state index >= 15 is 0 Å². The highest BCUT2D eigenvalue weighted by molar-refractivity contribution is 7.99. The lowest BCUT2D eigenvalue weighted by atomic mass is 10.2. The highest BCUT2D eigenvalue weighted by Crippen LogP contribution is 2.32. The molecule has 1 amide bonds. The van der Waals surface area contributed by atoms with E-state index in [9.17, 15) is 14.9 Å². The van der Waals surface area contributed by atoms with E-state index in [-0.39, 0.29) is 11.6 Å². The Kier molecular flexibility index (Phi) is 7.31. The van der Waals surface area contributed by atoms with E-state index in [1.807, 2.05) is 18.2 Å². The maximum Gasteiger partial charge on any atom is 0.270 e. The van der Waals surface area contributed by atoms with Crippen LogP contribution < -0.4 is 4.90 Å². The first-order chi connectivity index (χ1) is 16.0. The van der Waals surface area contributed by atoms with E-state index in [0.717, 1.165) is 17.9 Å². The number of non-ortho nitro benzene ring substituents is 1. The zero-order chi connectivity index (χ0) is 23.2. The third kappa shape index (κ3) is 5.94. The third-order valence-corrected chi connectivity index (χ3v) is 7.11. The minimum absolute atomic E-state index is 0.00781. The molecule has 0 aliphatic rings. The monoisotopic (exact) mass is 478 g/mol. The summed E-state index contributed by atoms with van der Waals surface area (Å²) in [6, 6.07) is 18.5. The fourth-order valence-corrected chi connectivity index (χ4v) is 5.10. The van der Waals surface area contributed by atoms with Crippen molar-refractivity contribution in [2.24, 2.45) is 0 Å². The van der Waals surface area contributed by atoms with Gasteiger partial charge in [-0.3, -0.25) is 24.8 Å². The van der Waals surface area contributed by atoms with Crippen molar-refractivity contribution in [2.75, 3.05) is 10.7 Å². The van der Waals surface area contributed by atoms with Crippen molar-refractivity contribution in [1.82, 2.24) is 9.97 Å². The summed E-state index contributed by atoms with van der Waals surface area (Å²) in [7, 11) is 0. The molecule has 0 aliphatic carbocycles. The molecule has 33 heavy (non-hydrogen) atoms. The Bertz CT molecular complexity index is 1260. The number of rotatable bonds is 9. The summed E-state index contributed by atoms with van der Waals surface area (Å²) in [4.78, 5) is 35.6. The van der Waals surface area contributed by atoms with Crippen molar-refractivity contribution in [3.05, 3.63) is 88.2 Å². The van der Waals surface area contributed by atoms with E-state index in [2.05, 4.69) is 41.2 Å². The maximum atomic E-state index is 13.2. The van der Waals surface area contributed by atoms with Gasteiger partial charge in [0, 0.05) is 29.6 Å². The molecule has 0 unspecified atom stereocenters. The van der Waals surface area contributed by atoms with E-state index < -0.39 is 4.92 Å². The number of anilines is 1. The number of hydrogen-bond acceptors (Lipinski definition) is 7. The van der Waals surface area contributed by atoms with Crippen LogP contribution in [-0.4, -0.2) is 26.6 Å². The summed E-state index contributed by atoms with van der Waals surface area (Å²) >= 11 is 3.01. The molecule has 0 fully saturated rings. The van der Waals surface area contributed by atoms with Gasteiger partial charge in [-0.15, -0.1) is 11.8 Å². The lowest BCUT2D eigenvalue weighted by Crippen LogP contribution is -2.30. The lowest BCUT2D eigenvalue weighted by Gasteiger charge is -2.19. The van der Waals surface area contributed by atoms with Crippen LogP contribution in [0.5, 0.6) is 0 Å². The number of aromatic nitrogens is 2. The molecular weight excluding hydrogens is 456 g/mol. The molecule has 0 aliphatic heterocycles. The summed E-state index contributed by atoms with van der Waals surface area (Å²) in [5.41, 5.74) is 2.62. The summed E-state index contributed by atoms with van der Waals surface area (Å²) in [5.74, 6) is 0.789. The van der Waals surface area contributed by atoms with Gasteiger partial charge in [0.2, 0.25) is 5.91 Å². The van der Waals surface area contributed by atoms with Crippen LogP contribution in [0.3, 0.4) is 0 Å². The zero-order valence-electron chi connectivity index (χ0n) is 18.0. The largest absolute Gasteiger partial charge is 0.282 e. The average molecular weight is 479 g/mol. The first-order valence-corrected chi connectivity index (χ1v) is 12.2. The number of carbonyl (C=O) groups is 1.